The molecule has 0 unspecified atom stereocenters. The molecule has 1 aromatic rings. The maximum atomic E-state index is 12.7. The Labute approximate surface area is 149 Å². The third-order valence-corrected chi connectivity index (χ3v) is 5.31. The van der Waals surface area contributed by atoms with Crippen LogP contribution in [0.4, 0.5) is 13.2 Å². The van der Waals surface area contributed by atoms with Gasteiger partial charge < -0.3 is 9.94 Å². The molecule has 0 aromatic heterocycles. The molecule has 140 valence electrons. The van der Waals surface area contributed by atoms with E-state index in [0.717, 1.165) is 12.1 Å². The second kappa shape index (κ2) is 6.24. The summed E-state index contributed by atoms with van der Waals surface area (Å²) in [6.07, 6.45) is -4.55. The minimum Gasteiger partial charge on any atom is -0.510 e. The van der Waals surface area contributed by atoms with E-state index in [1.165, 1.54) is 6.07 Å². The molecule has 1 saturated carbocycles. The summed E-state index contributed by atoms with van der Waals surface area (Å²) in [5, 5.41) is 19.5. The van der Waals surface area contributed by atoms with E-state index >= 15 is 0 Å². The van der Waals surface area contributed by atoms with Crippen LogP contribution in [0, 0.1) is 28.1 Å². The predicted octanol–water partition coefficient (Wildman–Crippen LogP) is 4.13. The summed E-state index contributed by atoms with van der Waals surface area (Å²) >= 11 is 0. The number of nitriles is 1. The highest BCUT2D eigenvalue weighted by molar-refractivity contribution is 5.97. The van der Waals surface area contributed by atoms with Crippen LogP contribution in [0.1, 0.15) is 33.3 Å². The Bertz CT molecular complexity index is 791. The lowest BCUT2D eigenvalue weighted by molar-refractivity contribution is -0.137. The number of nitrogens with one attached hydrogen (secondary N) is 1. The molecule has 2 rings (SSSR count). The number of carbonyl (C=O) groups is 1. The monoisotopic (exact) mass is 368 g/mol. The lowest BCUT2D eigenvalue weighted by Gasteiger charge is -2.11. The van der Waals surface area contributed by atoms with Crippen molar-refractivity contribution in [3.05, 3.63) is 41.2 Å². The van der Waals surface area contributed by atoms with Crippen molar-refractivity contribution in [3.63, 3.8) is 0 Å². The van der Waals surface area contributed by atoms with Crippen molar-refractivity contribution < 1.29 is 27.9 Å². The second-order valence-electron chi connectivity index (χ2n) is 7.31. The topological polar surface area (TPSA) is 82.3 Å². The molecule has 1 fully saturated rings. The number of hydrogen-bond acceptors (Lipinski definition) is 4. The van der Waals surface area contributed by atoms with Gasteiger partial charge in [-0.3, -0.25) is 4.79 Å². The molecule has 0 aliphatic heterocycles. The van der Waals surface area contributed by atoms with Gasteiger partial charge in [0.25, 0.3) is 5.91 Å². The number of benzene rings is 1. The van der Waals surface area contributed by atoms with Crippen molar-refractivity contribution >= 4 is 5.91 Å². The van der Waals surface area contributed by atoms with Crippen molar-refractivity contribution in [1.82, 2.24) is 5.48 Å². The van der Waals surface area contributed by atoms with Crippen LogP contribution in [0.15, 0.2) is 35.6 Å². The smallest absolute Gasteiger partial charge is 0.416 e. The molecular weight excluding hydrogens is 349 g/mol. The van der Waals surface area contributed by atoms with Crippen LogP contribution in [-0.4, -0.2) is 11.0 Å². The number of hydrogen-bond donors (Lipinski definition) is 2. The molecule has 8 heteroatoms. The standard InChI is InChI=1S/C18H19F3N2O3/c1-16(2)14(17(16,3)4)13(24)12(9-22)15(25)23-26-11-7-5-6-10(8-11)18(19,20)21/h5-8,14,24H,1-4H3,(H,23,25)/b13-12+. The number of allylic oxidation sites excluding steroid dienone is 1. The average Bonchev–Trinajstić information content (AvgIpc) is 2.94. The molecule has 2 N–H and O–H groups in total. The van der Waals surface area contributed by atoms with Gasteiger partial charge in [0.15, 0.2) is 11.3 Å². The number of alkyl halides is 3. The summed E-state index contributed by atoms with van der Waals surface area (Å²) in [5.41, 5.74) is -0.176. The van der Waals surface area contributed by atoms with Crippen LogP contribution in [0.25, 0.3) is 0 Å². The van der Waals surface area contributed by atoms with Crippen molar-refractivity contribution in [3.8, 4) is 11.8 Å². The molecule has 1 aliphatic carbocycles. The van der Waals surface area contributed by atoms with Gasteiger partial charge in [0.2, 0.25) is 0 Å². The van der Waals surface area contributed by atoms with Crippen LogP contribution in [0.2, 0.25) is 0 Å². The van der Waals surface area contributed by atoms with Crippen LogP contribution in [0.5, 0.6) is 5.75 Å². The van der Waals surface area contributed by atoms with E-state index in [2.05, 4.69) is 0 Å². The first-order valence-electron chi connectivity index (χ1n) is 7.81. The Morgan fingerprint density at radius 3 is 2.31 bits per heavy atom. The highest BCUT2D eigenvalue weighted by Gasteiger charge is 2.67. The zero-order valence-corrected chi connectivity index (χ0v) is 14.7. The molecule has 1 amide bonds. The Morgan fingerprint density at radius 1 is 1.27 bits per heavy atom. The molecule has 0 saturated heterocycles. The minimum atomic E-state index is -4.55. The summed E-state index contributed by atoms with van der Waals surface area (Å²) in [6, 6.07) is 5.54. The summed E-state index contributed by atoms with van der Waals surface area (Å²) in [4.78, 5) is 17.0. The quantitative estimate of drug-likeness (QED) is 0.362. The summed E-state index contributed by atoms with van der Waals surface area (Å²) < 4.78 is 38.0. The van der Waals surface area contributed by atoms with E-state index in [0.29, 0.717) is 6.07 Å². The SMILES string of the molecule is CC1(C)C(/C(O)=C(/C#N)C(=O)NOc2cccc(C(F)(F)F)c2)C1(C)C. The van der Waals surface area contributed by atoms with Gasteiger partial charge >= 0.3 is 6.18 Å². The number of rotatable bonds is 4. The van der Waals surface area contributed by atoms with Gasteiger partial charge in [0.1, 0.15) is 11.8 Å². The normalized spacial score (nSPS) is 19.2. The van der Waals surface area contributed by atoms with Crippen molar-refractivity contribution in [1.29, 1.82) is 5.26 Å². The first-order valence-corrected chi connectivity index (χ1v) is 7.81. The number of aliphatic hydroxyl groups excluding tert-OH is 1. The molecule has 5 nitrogen and oxygen atoms in total. The van der Waals surface area contributed by atoms with Crippen molar-refractivity contribution in [2.45, 2.75) is 33.9 Å². The zero-order valence-electron chi connectivity index (χ0n) is 14.7. The van der Waals surface area contributed by atoms with Crippen molar-refractivity contribution in [2.75, 3.05) is 0 Å². The third kappa shape index (κ3) is 3.34. The van der Waals surface area contributed by atoms with Gasteiger partial charge in [-0.2, -0.15) is 23.9 Å². The molecular formula is C18H19F3N2O3. The van der Waals surface area contributed by atoms with Crippen LogP contribution < -0.4 is 10.3 Å². The number of carbonyl (C=O) groups excluding carboxylic acids is 1. The molecule has 0 bridgehead atoms. The fraction of sp³-hybridized carbons (Fsp3) is 0.444. The lowest BCUT2D eigenvalue weighted by Crippen LogP contribution is -2.29. The first-order chi connectivity index (χ1) is 11.8. The van der Waals surface area contributed by atoms with E-state index in [9.17, 15) is 28.3 Å². The number of halogens is 3. The van der Waals surface area contributed by atoms with E-state index in [4.69, 9.17) is 4.84 Å². The molecule has 0 atom stereocenters. The van der Waals surface area contributed by atoms with Gasteiger partial charge in [0.05, 0.1) is 5.56 Å². The van der Waals surface area contributed by atoms with Crippen LogP contribution in [0.3, 0.4) is 0 Å². The fourth-order valence-corrected chi connectivity index (χ4v) is 3.14. The van der Waals surface area contributed by atoms with Crippen molar-refractivity contribution in [2.24, 2.45) is 16.7 Å². The van der Waals surface area contributed by atoms with E-state index in [1.54, 1.807) is 6.07 Å². The number of hydroxylamine groups is 1. The Morgan fingerprint density at radius 2 is 1.85 bits per heavy atom. The van der Waals surface area contributed by atoms with Gasteiger partial charge in [-0.25, -0.2) is 0 Å². The predicted molar refractivity (Wildman–Crippen MR) is 86.5 cm³/mol. The van der Waals surface area contributed by atoms with Crippen LogP contribution in [-0.2, 0) is 11.0 Å². The Hall–Kier alpha value is -2.69. The summed E-state index contributed by atoms with van der Waals surface area (Å²) in [6.45, 7) is 7.61. The largest absolute Gasteiger partial charge is 0.510 e. The van der Waals surface area contributed by atoms with E-state index in [-0.39, 0.29) is 28.3 Å². The average molecular weight is 368 g/mol. The maximum Gasteiger partial charge on any atom is 0.416 e. The molecule has 1 aromatic carbocycles. The Kier molecular flexibility index (Phi) is 4.71. The van der Waals surface area contributed by atoms with Gasteiger partial charge in [-0.15, -0.1) is 0 Å². The molecule has 1 aliphatic rings. The van der Waals surface area contributed by atoms with E-state index < -0.39 is 23.2 Å². The van der Waals surface area contributed by atoms with Crippen LogP contribution >= 0.6 is 0 Å². The third-order valence-electron chi connectivity index (χ3n) is 5.31. The Balaban J connectivity index is 2.15. The van der Waals surface area contributed by atoms with E-state index in [1.807, 2.05) is 33.2 Å². The van der Waals surface area contributed by atoms with Gasteiger partial charge in [-0.1, -0.05) is 33.8 Å². The molecule has 0 spiro atoms. The fourth-order valence-electron chi connectivity index (χ4n) is 3.14. The summed E-state index contributed by atoms with van der Waals surface area (Å²) in [7, 11) is 0. The second-order valence-corrected chi connectivity index (χ2v) is 7.31. The van der Waals surface area contributed by atoms with Gasteiger partial charge in [0, 0.05) is 5.92 Å². The summed E-state index contributed by atoms with van der Waals surface area (Å²) in [5.74, 6) is -2.02. The number of nitrogens with zero attached hydrogens (tertiary/aromatic N) is 1. The minimum absolute atomic E-state index is 0.253. The first kappa shape index (κ1) is 19.6. The highest BCUT2D eigenvalue weighted by atomic mass is 19.4. The van der Waals surface area contributed by atoms with Gasteiger partial charge in [-0.05, 0) is 29.0 Å². The number of aliphatic hydroxyl groups is 1. The lowest BCUT2D eigenvalue weighted by atomic mass is 10.0. The maximum absolute atomic E-state index is 12.7. The zero-order chi connectivity index (χ0) is 19.9. The number of amides is 1. The molecule has 0 heterocycles. The molecule has 26 heavy (non-hydrogen) atoms. The molecule has 0 radical (unpaired) electrons. The highest BCUT2D eigenvalue weighted by Crippen LogP contribution is 2.70.